The number of pyridine rings is 1. The molecule has 8 nitrogen and oxygen atoms in total. The maximum Gasteiger partial charge on any atom is 0.160 e. The lowest BCUT2D eigenvalue weighted by Crippen LogP contribution is -2.33. The molecule has 1 fully saturated rings. The third-order valence-corrected chi connectivity index (χ3v) is 6.41. The summed E-state index contributed by atoms with van der Waals surface area (Å²) >= 11 is 1.57. The van der Waals surface area contributed by atoms with Gasteiger partial charge in [-0.15, -0.1) is 11.3 Å². The van der Waals surface area contributed by atoms with Crippen molar-refractivity contribution in [3.05, 3.63) is 48.9 Å². The molecule has 1 aromatic carbocycles. The zero-order valence-electron chi connectivity index (χ0n) is 16.0. The second-order valence-electron chi connectivity index (χ2n) is 7.34. The number of benzene rings is 1. The second-order valence-corrected chi connectivity index (χ2v) is 8.37. The van der Waals surface area contributed by atoms with E-state index in [0.29, 0.717) is 25.3 Å². The van der Waals surface area contributed by atoms with E-state index < -0.39 is 12.3 Å². The van der Waals surface area contributed by atoms with Crippen LogP contribution in [0, 0.1) is 0 Å². The first-order valence-electron chi connectivity index (χ1n) is 9.66. The molecule has 0 aliphatic carbocycles. The number of nitrogens with zero attached hydrogens (tertiary/aromatic N) is 5. The Morgan fingerprint density at radius 2 is 2.13 bits per heavy atom. The van der Waals surface area contributed by atoms with Crippen molar-refractivity contribution in [1.29, 1.82) is 0 Å². The molecule has 3 N–H and O–H groups in total. The second kappa shape index (κ2) is 7.60. The molecule has 1 aliphatic heterocycles. The molecular formula is C21H20N6O2S. The minimum atomic E-state index is -0.540. The topological polar surface area (TPSA) is 110 Å². The Labute approximate surface area is 176 Å². The summed E-state index contributed by atoms with van der Waals surface area (Å²) in [5.41, 5.74) is 9.53. The summed E-state index contributed by atoms with van der Waals surface area (Å²) in [4.78, 5) is 22.7. The van der Waals surface area contributed by atoms with Crippen LogP contribution in [0.3, 0.4) is 0 Å². The molecule has 152 valence electrons. The van der Waals surface area contributed by atoms with Gasteiger partial charge in [0.25, 0.3) is 0 Å². The lowest BCUT2D eigenvalue weighted by atomic mass is 10.1. The highest BCUT2D eigenvalue weighted by atomic mass is 32.1. The number of carbonyl (C=O) groups is 1. The van der Waals surface area contributed by atoms with E-state index in [1.807, 2.05) is 41.4 Å². The number of fused-ring (bicyclic) bond motifs is 1. The Morgan fingerprint density at radius 3 is 2.90 bits per heavy atom. The number of carbonyl (C=O) groups excluding carboxylic acids is 1. The van der Waals surface area contributed by atoms with E-state index in [-0.39, 0.29) is 0 Å². The first-order valence-corrected chi connectivity index (χ1v) is 10.5. The number of nitrogens with two attached hydrogens (primary N) is 1. The number of aliphatic hydroxyl groups excluding tert-OH is 1. The van der Waals surface area contributed by atoms with Gasteiger partial charge in [-0.2, -0.15) is 5.10 Å². The average Bonchev–Trinajstić information content (AvgIpc) is 3.49. The summed E-state index contributed by atoms with van der Waals surface area (Å²) in [5, 5.41) is 15.0. The lowest BCUT2D eigenvalue weighted by Gasteiger charge is -2.22. The number of hydrogen-bond acceptors (Lipinski definition) is 8. The van der Waals surface area contributed by atoms with E-state index in [1.165, 1.54) is 0 Å². The predicted molar refractivity (Wildman–Crippen MR) is 116 cm³/mol. The minimum Gasteiger partial charge on any atom is -0.392 e. The van der Waals surface area contributed by atoms with Crippen molar-refractivity contribution >= 4 is 33.7 Å². The third kappa shape index (κ3) is 3.36. The van der Waals surface area contributed by atoms with Gasteiger partial charge in [0.05, 0.1) is 28.1 Å². The van der Waals surface area contributed by atoms with Crippen LogP contribution in [0.15, 0.2) is 48.9 Å². The highest BCUT2D eigenvalue weighted by molar-refractivity contribution is 7.21. The Bertz CT molecular complexity index is 1190. The molecule has 2 atom stereocenters. The van der Waals surface area contributed by atoms with Crippen molar-refractivity contribution < 1.29 is 9.90 Å². The Balaban J connectivity index is 1.48. The van der Waals surface area contributed by atoms with Crippen LogP contribution in [0.25, 0.3) is 31.9 Å². The quantitative estimate of drug-likeness (QED) is 0.478. The van der Waals surface area contributed by atoms with Gasteiger partial charge in [0.15, 0.2) is 12.5 Å². The van der Waals surface area contributed by atoms with Crippen LogP contribution in [0.2, 0.25) is 0 Å². The van der Waals surface area contributed by atoms with Gasteiger partial charge in [-0.3, -0.25) is 9.69 Å². The van der Waals surface area contributed by atoms with Crippen molar-refractivity contribution in [3.8, 4) is 21.7 Å². The molecule has 9 heteroatoms. The lowest BCUT2D eigenvalue weighted by molar-refractivity contribution is -0.115. The van der Waals surface area contributed by atoms with E-state index in [2.05, 4.69) is 15.1 Å². The van der Waals surface area contributed by atoms with E-state index in [4.69, 9.17) is 5.73 Å². The van der Waals surface area contributed by atoms with E-state index >= 15 is 0 Å². The number of nitrogen functional groups attached to an aromatic ring is 1. The first-order chi connectivity index (χ1) is 14.6. The normalized spacial score (nSPS) is 18.1. The molecule has 0 bridgehead atoms. The van der Waals surface area contributed by atoms with Crippen LogP contribution >= 0.6 is 11.3 Å². The highest BCUT2D eigenvalue weighted by Gasteiger charge is 2.28. The molecule has 1 aliphatic rings. The van der Waals surface area contributed by atoms with E-state index in [0.717, 1.165) is 38.2 Å². The Kier molecular flexibility index (Phi) is 4.78. The number of rotatable bonds is 5. The van der Waals surface area contributed by atoms with Crippen LogP contribution < -0.4 is 5.73 Å². The summed E-state index contributed by atoms with van der Waals surface area (Å²) in [7, 11) is 0. The fourth-order valence-electron chi connectivity index (χ4n) is 3.75. The van der Waals surface area contributed by atoms with Crippen molar-refractivity contribution in [2.45, 2.75) is 18.7 Å². The van der Waals surface area contributed by atoms with Gasteiger partial charge in [-0.05, 0) is 24.6 Å². The molecule has 5 rings (SSSR count). The zero-order chi connectivity index (χ0) is 20.7. The monoisotopic (exact) mass is 420 g/mol. The number of anilines is 1. The maximum atomic E-state index is 11.7. The summed E-state index contributed by atoms with van der Waals surface area (Å²) in [5.74, 6) is 0.419. The largest absolute Gasteiger partial charge is 0.392 e. The van der Waals surface area contributed by atoms with Crippen LogP contribution in [0.5, 0.6) is 0 Å². The number of hydrogen-bond donors (Lipinski definition) is 2. The Hall–Kier alpha value is -3.14. The van der Waals surface area contributed by atoms with Gasteiger partial charge in [0, 0.05) is 36.6 Å². The molecular weight excluding hydrogens is 400 g/mol. The SMILES string of the molecule is Nc1ncc(-c2cnn(C(C=O)N3CCC(O)C3)c2)cc1-c1nc2ccccc2s1. The number of aldehydes is 1. The fourth-order valence-corrected chi connectivity index (χ4v) is 4.74. The molecule has 0 saturated carbocycles. The van der Waals surface area contributed by atoms with Crippen molar-refractivity contribution in [2.75, 3.05) is 18.8 Å². The van der Waals surface area contributed by atoms with Crippen LogP contribution in [0.1, 0.15) is 12.6 Å². The van der Waals surface area contributed by atoms with Crippen molar-refractivity contribution in [1.82, 2.24) is 24.6 Å². The first kappa shape index (κ1) is 18.9. The number of β-amino-alcohol motifs (C(OH)–C–C–N with tert-alkyl or cyclic N) is 1. The minimum absolute atomic E-state index is 0.403. The maximum absolute atomic E-state index is 11.7. The standard InChI is InChI=1S/C21H20N6O2S/c22-20-16(21-25-17-3-1-2-4-18(17)30-21)7-13(8-23-20)14-9-24-27(10-14)19(12-28)26-6-5-15(29)11-26/h1-4,7-10,12,15,19,29H,5-6,11H2,(H2,22,23). The average molecular weight is 420 g/mol. The van der Waals surface area contributed by atoms with Gasteiger partial charge in [0.2, 0.25) is 0 Å². The van der Waals surface area contributed by atoms with Gasteiger partial charge in [0.1, 0.15) is 10.8 Å². The predicted octanol–water partition coefficient (Wildman–Crippen LogP) is 2.57. The van der Waals surface area contributed by atoms with E-state index in [9.17, 15) is 9.90 Å². The highest BCUT2D eigenvalue weighted by Crippen LogP contribution is 2.35. The summed E-state index contributed by atoms with van der Waals surface area (Å²) in [6.45, 7) is 1.12. The van der Waals surface area contributed by atoms with Crippen LogP contribution in [-0.4, -0.2) is 55.2 Å². The molecule has 2 unspecified atom stereocenters. The molecule has 4 aromatic rings. The molecule has 4 heterocycles. The fraction of sp³-hybridized carbons (Fsp3) is 0.238. The zero-order valence-corrected chi connectivity index (χ0v) is 16.9. The third-order valence-electron chi connectivity index (χ3n) is 5.34. The van der Waals surface area contributed by atoms with Gasteiger partial charge < -0.3 is 10.8 Å². The van der Waals surface area contributed by atoms with Gasteiger partial charge in [-0.1, -0.05) is 12.1 Å². The van der Waals surface area contributed by atoms with Crippen molar-refractivity contribution in [2.24, 2.45) is 0 Å². The number of likely N-dealkylation sites (tertiary alicyclic amines) is 1. The molecule has 0 amide bonds. The number of thiazole rings is 1. The van der Waals surface area contributed by atoms with E-state index in [1.54, 1.807) is 28.4 Å². The van der Waals surface area contributed by atoms with Gasteiger partial charge >= 0.3 is 0 Å². The summed E-state index contributed by atoms with van der Waals surface area (Å²) < 4.78 is 2.71. The molecule has 30 heavy (non-hydrogen) atoms. The van der Waals surface area contributed by atoms with Crippen LogP contribution in [0.4, 0.5) is 5.82 Å². The summed E-state index contributed by atoms with van der Waals surface area (Å²) in [6, 6.07) is 9.90. The molecule has 1 saturated heterocycles. The smallest absolute Gasteiger partial charge is 0.160 e. The van der Waals surface area contributed by atoms with Crippen LogP contribution in [-0.2, 0) is 4.79 Å². The molecule has 0 radical (unpaired) electrons. The number of aliphatic hydroxyl groups is 1. The number of para-hydroxylation sites is 1. The molecule has 3 aromatic heterocycles. The van der Waals surface area contributed by atoms with Gasteiger partial charge in [-0.25, -0.2) is 14.6 Å². The molecule has 0 spiro atoms. The summed E-state index contributed by atoms with van der Waals surface area (Å²) in [6.07, 6.45) is 5.79. The van der Waals surface area contributed by atoms with Crippen molar-refractivity contribution in [3.63, 3.8) is 0 Å². The number of aromatic nitrogens is 4. The Morgan fingerprint density at radius 1 is 1.27 bits per heavy atom.